The third-order valence-electron chi connectivity index (χ3n) is 2.05. The fourth-order valence-corrected chi connectivity index (χ4v) is 3.37. The molecule has 0 spiro atoms. The van der Waals surface area contributed by atoms with Crippen LogP contribution in [0.25, 0.3) is 0 Å². The van der Waals surface area contributed by atoms with Gasteiger partial charge in [0.05, 0.1) is 12.7 Å². The van der Waals surface area contributed by atoms with Crippen molar-refractivity contribution < 1.29 is 45.7 Å². The predicted octanol–water partition coefficient (Wildman–Crippen LogP) is 2.16. The van der Waals surface area contributed by atoms with E-state index >= 15 is 0 Å². The lowest BCUT2D eigenvalue weighted by atomic mass is 10.5. The number of methoxy groups -OCH3 is 2. The van der Waals surface area contributed by atoms with E-state index in [4.69, 9.17) is 40.0 Å². The minimum atomic E-state index is -4.01. The van der Waals surface area contributed by atoms with E-state index in [1.54, 1.807) is 0 Å². The number of terminal acetylenes is 2. The molecule has 0 aromatic carbocycles. The van der Waals surface area contributed by atoms with Crippen LogP contribution in [0.15, 0.2) is 0 Å². The first-order valence-corrected chi connectivity index (χ1v) is 9.72. The SMILES string of the molecule is C#CCOP(=O)(OCOC)OCC(C)OP(=O)(OCC#C)OCOC. The van der Waals surface area contributed by atoms with Gasteiger partial charge in [-0.2, -0.15) is 0 Å². The molecule has 3 unspecified atom stereocenters. The highest BCUT2D eigenvalue weighted by atomic mass is 31.2. The molecule has 10 nitrogen and oxygen atoms in total. The van der Waals surface area contributed by atoms with Gasteiger partial charge in [-0.25, -0.2) is 9.13 Å². The van der Waals surface area contributed by atoms with Crippen LogP contribution in [0.2, 0.25) is 0 Å². The minimum absolute atomic E-state index is 0.309. The maximum atomic E-state index is 12.3. The van der Waals surface area contributed by atoms with Crippen molar-refractivity contribution in [1.82, 2.24) is 0 Å². The van der Waals surface area contributed by atoms with Gasteiger partial charge >= 0.3 is 15.6 Å². The molecule has 0 radical (unpaired) electrons. The number of ether oxygens (including phenoxy) is 2. The summed E-state index contributed by atoms with van der Waals surface area (Å²) >= 11 is 0. The van der Waals surface area contributed by atoms with Crippen molar-refractivity contribution >= 4 is 15.6 Å². The monoisotopic (exact) mass is 400 g/mol. The Morgan fingerprint density at radius 1 is 0.840 bits per heavy atom. The molecule has 0 saturated carbocycles. The summed E-state index contributed by atoms with van der Waals surface area (Å²) < 4.78 is 63.6. The summed E-state index contributed by atoms with van der Waals surface area (Å²) in [6, 6.07) is 0. The average molecular weight is 400 g/mol. The molecule has 0 saturated heterocycles. The van der Waals surface area contributed by atoms with Crippen molar-refractivity contribution in [2.45, 2.75) is 13.0 Å². The van der Waals surface area contributed by atoms with Crippen molar-refractivity contribution in [1.29, 1.82) is 0 Å². The van der Waals surface area contributed by atoms with Crippen LogP contribution in [0.3, 0.4) is 0 Å². The largest absolute Gasteiger partial charge is 0.478 e. The van der Waals surface area contributed by atoms with Crippen LogP contribution in [0.5, 0.6) is 0 Å². The minimum Gasteiger partial charge on any atom is -0.358 e. The van der Waals surface area contributed by atoms with E-state index in [-0.39, 0.29) is 33.4 Å². The maximum Gasteiger partial charge on any atom is 0.478 e. The number of phosphoric acid groups is 2. The Balaban J connectivity index is 4.72. The molecular formula is C13H22O10P2. The fraction of sp³-hybridized carbons (Fsp3) is 0.692. The zero-order chi connectivity index (χ0) is 19.2. The lowest BCUT2D eigenvalue weighted by Crippen LogP contribution is -2.17. The summed E-state index contributed by atoms with van der Waals surface area (Å²) in [5.41, 5.74) is 0. The van der Waals surface area contributed by atoms with Crippen molar-refractivity contribution in [3.63, 3.8) is 0 Å². The number of phosphoric ester groups is 2. The molecule has 3 atom stereocenters. The summed E-state index contributed by atoms with van der Waals surface area (Å²) in [5.74, 6) is 4.26. The van der Waals surface area contributed by atoms with E-state index in [9.17, 15) is 9.13 Å². The molecule has 144 valence electrons. The molecule has 0 rings (SSSR count). The number of hydrogen-bond acceptors (Lipinski definition) is 10. The smallest absolute Gasteiger partial charge is 0.358 e. The third-order valence-corrected chi connectivity index (χ3v) is 4.86. The Labute approximate surface area is 147 Å². The molecule has 0 aliphatic heterocycles. The van der Waals surface area contributed by atoms with Gasteiger partial charge in [-0.3, -0.25) is 27.1 Å². The summed E-state index contributed by atoms with van der Waals surface area (Å²) in [6.07, 6.45) is 9.18. The molecule has 0 N–H and O–H groups in total. The molecule has 0 bridgehead atoms. The Morgan fingerprint density at radius 3 is 1.80 bits per heavy atom. The lowest BCUT2D eigenvalue weighted by molar-refractivity contribution is -0.0134. The van der Waals surface area contributed by atoms with E-state index < -0.39 is 21.7 Å². The fourth-order valence-electron chi connectivity index (χ4n) is 1.12. The van der Waals surface area contributed by atoms with E-state index in [1.165, 1.54) is 21.1 Å². The lowest BCUT2D eigenvalue weighted by Gasteiger charge is -2.22. The van der Waals surface area contributed by atoms with Crippen LogP contribution in [0.4, 0.5) is 0 Å². The summed E-state index contributed by atoms with van der Waals surface area (Å²) in [5, 5.41) is 0. The van der Waals surface area contributed by atoms with E-state index in [0.29, 0.717) is 0 Å². The Hall–Kier alpha value is -0.740. The van der Waals surface area contributed by atoms with Crippen molar-refractivity contribution in [2.75, 3.05) is 47.6 Å². The Morgan fingerprint density at radius 2 is 1.32 bits per heavy atom. The van der Waals surface area contributed by atoms with Gasteiger partial charge < -0.3 is 9.47 Å². The van der Waals surface area contributed by atoms with Crippen molar-refractivity contribution in [2.24, 2.45) is 0 Å². The van der Waals surface area contributed by atoms with Gasteiger partial charge in [-0.15, -0.1) is 12.8 Å². The highest BCUT2D eigenvalue weighted by molar-refractivity contribution is 7.48. The highest BCUT2D eigenvalue weighted by Gasteiger charge is 2.32. The van der Waals surface area contributed by atoms with Crippen LogP contribution in [0.1, 0.15) is 6.92 Å². The topological polar surface area (TPSA) is 108 Å². The first-order chi connectivity index (χ1) is 11.8. The van der Waals surface area contributed by atoms with Gasteiger partial charge in [0.2, 0.25) is 0 Å². The van der Waals surface area contributed by atoms with Gasteiger partial charge in [0.15, 0.2) is 13.6 Å². The summed E-state index contributed by atoms with van der Waals surface area (Å²) in [6.45, 7) is -0.199. The van der Waals surface area contributed by atoms with E-state index in [0.717, 1.165) is 0 Å². The van der Waals surface area contributed by atoms with Gasteiger partial charge in [-0.1, -0.05) is 11.8 Å². The summed E-state index contributed by atoms with van der Waals surface area (Å²) in [7, 11) is -5.35. The number of hydrogen-bond donors (Lipinski definition) is 0. The van der Waals surface area contributed by atoms with Crippen LogP contribution in [-0.4, -0.2) is 53.7 Å². The second kappa shape index (κ2) is 13.5. The van der Waals surface area contributed by atoms with Gasteiger partial charge in [0, 0.05) is 14.2 Å². The molecule has 0 fully saturated rings. The third kappa shape index (κ3) is 11.5. The second-order valence-electron chi connectivity index (χ2n) is 4.13. The zero-order valence-corrected chi connectivity index (χ0v) is 16.0. The average Bonchev–Trinajstić information content (AvgIpc) is 2.60. The first kappa shape index (κ1) is 24.3. The van der Waals surface area contributed by atoms with Gasteiger partial charge in [-0.05, 0) is 6.92 Å². The molecular weight excluding hydrogens is 378 g/mol. The standard InChI is InChI=1S/C13H22O10P2/c1-6-8-18-24(14,21-11-16-4)20-10-13(3)23-25(15,19-9-7-2)22-12-17-5/h1-2,13H,8-12H2,3-5H3. The van der Waals surface area contributed by atoms with E-state index in [2.05, 4.69) is 21.3 Å². The highest BCUT2D eigenvalue weighted by Crippen LogP contribution is 2.52. The predicted molar refractivity (Wildman–Crippen MR) is 87.2 cm³/mol. The van der Waals surface area contributed by atoms with E-state index in [1.807, 2.05) is 0 Å². The van der Waals surface area contributed by atoms with Crippen LogP contribution >= 0.6 is 15.6 Å². The molecule has 12 heteroatoms. The first-order valence-electron chi connectivity index (χ1n) is 6.80. The van der Waals surface area contributed by atoms with Crippen LogP contribution in [0, 0.1) is 24.7 Å². The molecule has 0 aliphatic rings. The quantitative estimate of drug-likeness (QED) is 0.230. The molecule has 0 heterocycles. The van der Waals surface area contributed by atoms with Crippen molar-refractivity contribution in [3.8, 4) is 24.7 Å². The van der Waals surface area contributed by atoms with Gasteiger partial charge in [0.25, 0.3) is 0 Å². The van der Waals surface area contributed by atoms with Crippen molar-refractivity contribution in [3.05, 3.63) is 0 Å². The summed E-state index contributed by atoms with van der Waals surface area (Å²) in [4.78, 5) is 0. The molecule has 0 aliphatic carbocycles. The zero-order valence-electron chi connectivity index (χ0n) is 14.2. The molecule has 0 amide bonds. The molecule has 25 heavy (non-hydrogen) atoms. The number of rotatable bonds is 15. The van der Waals surface area contributed by atoms with Crippen LogP contribution in [-0.2, 0) is 45.7 Å². The van der Waals surface area contributed by atoms with Gasteiger partial charge in [0.1, 0.15) is 13.2 Å². The Kier molecular flexibility index (Phi) is 13.1. The Bertz CT molecular complexity index is 538. The second-order valence-corrected chi connectivity index (χ2v) is 7.42. The molecule has 0 aromatic rings. The van der Waals surface area contributed by atoms with Crippen LogP contribution < -0.4 is 0 Å². The molecule has 0 aromatic heterocycles. The normalized spacial score (nSPS) is 17.0. The maximum absolute atomic E-state index is 12.3.